The fourth-order valence-corrected chi connectivity index (χ4v) is 1.55. The number of hydrogen-bond acceptors (Lipinski definition) is 3. The average Bonchev–Trinajstić information content (AvgIpc) is 2.71. The maximum absolute atomic E-state index is 11.7. The molecule has 1 heterocycles. The largest absolute Gasteiger partial charge is 0.444 e. The van der Waals surface area contributed by atoms with Gasteiger partial charge in [0.15, 0.2) is 0 Å². The second-order valence-corrected chi connectivity index (χ2v) is 5.24. The van der Waals surface area contributed by atoms with E-state index in [0.717, 1.165) is 5.69 Å². The second kappa shape index (κ2) is 6.28. The molecule has 19 heavy (non-hydrogen) atoms. The third kappa shape index (κ3) is 5.04. The highest BCUT2D eigenvalue weighted by Crippen LogP contribution is 2.13. The summed E-state index contributed by atoms with van der Waals surface area (Å²) in [6.07, 6.45) is 2.99. The third-order valence-electron chi connectivity index (χ3n) is 2.35. The monoisotopic (exact) mass is 263 g/mol. The molecular formula is C14H21N3O2. The van der Waals surface area contributed by atoms with E-state index in [1.807, 2.05) is 32.3 Å². The normalized spacial score (nSPS) is 12.3. The summed E-state index contributed by atoms with van der Waals surface area (Å²) in [5.41, 5.74) is 0.395. The van der Waals surface area contributed by atoms with Crippen molar-refractivity contribution in [2.75, 3.05) is 0 Å². The lowest BCUT2D eigenvalue weighted by Crippen LogP contribution is -2.34. The number of amides is 1. The van der Waals surface area contributed by atoms with Gasteiger partial charge in [0, 0.05) is 0 Å². The fourth-order valence-electron chi connectivity index (χ4n) is 1.55. The molecule has 1 aromatic rings. The maximum Gasteiger partial charge on any atom is 0.408 e. The van der Waals surface area contributed by atoms with E-state index >= 15 is 0 Å². The predicted octanol–water partition coefficient (Wildman–Crippen LogP) is 2.49. The zero-order valence-electron chi connectivity index (χ0n) is 12.2. The molecule has 0 saturated heterocycles. The lowest BCUT2D eigenvalue weighted by atomic mass is 10.2. The van der Waals surface area contributed by atoms with Gasteiger partial charge in [-0.05, 0) is 34.6 Å². The van der Waals surface area contributed by atoms with E-state index in [1.54, 1.807) is 19.4 Å². The Bertz CT molecular complexity index is 489. The van der Waals surface area contributed by atoms with Gasteiger partial charge in [0.05, 0.1) is 30.8 Å². The maximum atomic E-state index is 11.7. The Morgan fingerprint density at radius 1 is 1.58 bits per heavy atom. The first-order valence-corrected chi connectivity index (χ1v) is 6.22. The molecular weight excluding hydrogens is 242 g/mol. The van der Waals surface area contributed by atoms with Crippen molar-refractivity contribution < 1.29 is 9.53 Å². The Morgan fingerprint density at radius 3 is 2.84 bits per heavy atom. The molecule has 0 fully saturated rings. The van der Waals surface area contributed by atoms with E-state index in [2.05, 4.69) is 22.1 Å². The van der Waals surface area contributed by atoms with Crippen molar-refractivity contribution in [3.05, 3.63) is 18.2 Å². The highest BCUT2D eigenvalue weighted by atomic mass is 16.6. The van der Waals surface area contributed by atoms with Crippen LogP contribution in [0.4, 0.5) is 4.79 Å². The van der Waals surface area contributed by atoms with Crippen molar-refractivity contribution in [3.63, 3.8) is 0 Å². The quantitative estimate of drug-likeness (QED) is 0.852. The van der Waals surface area contributed by atoms with Crippen LogP contribution in [-0.4, -0.2) is 21.2 Å². The SMILES string of the molecule is CC#CCn1cncc1[C@@H](C)NC(=O)OC(C)(C)C. The molecule has 0 aliphatic rings. The Hall–Kier alpha value is -1.96. The number of nitrogens with zero attached hydrogens (tertiary/aromatic N) is 2. The summed E-state index contributed by atoms with van der Waals surface area (Å²) in [6, 6.07) is -0.184. The highest BCUT2D eigenvalue weighted by Gasteiger charge is 2.19. The third-order valence-corrected chi connectivity index (χ3v) is 2.35. The summed E-state index contributed by atoms with van der Waals surface area (Å²) in [5.74, 6) is 5.80. The van der Waals surface area contributed by atoms with Crippen LogP contribution >= 0.6 is 0 Å². The first-order valence-electron chi connectivity index (χ1n) is 6.22. The minimum atomic E-state index is -0.502. The fraction of sp³-hybridized carbons (Fsp3) is 0.571. The van der Waals surface area contributed by atoms with E-state index in [1.165, 1.54) is 0 Å². The van der Waals surface area contributed by atoms with Crippen LogP contribution in [0.25, 0.3) is 0 Å². The van der Waals surface area contributed by atoms with Gasteiger partial charge in [0.1, 0.15) is 5.60 Å². The van der Waals surface area contributed by atoms with Gasteiger partial charge < -0.3 is 14.6 Å². The van der Waals surface area contributed by atoms with Gasteiger partial charge in [0.2, 0.25) is 0 Å². The molecule has 1 amide bonds. The van der Waals surface area contributed by atoms with Gasteiger partial charge in [-0.1, -0.05) is 5.92 Å². The van der Waals surface area contributed by atoms with Crippen molar-refractivity contribution in [1.29, 1.82) is 0 Å². The van der Waals surface area contributed by atoms with E-state index in [0.29, 0.717) is 6.54 Å². The molecule has 1 rings (SSSR count). The van der Waals surface area contributed by atoms with Gasteiger partial charge >= 0.3 is 6.09 Å². The molecule has 0 unspecified atom stereocenters. The minimum absolute atomic E-state index is 0.184. The van der Waals surface area contributed by atoms with Gasteiger partial charge in [-0.2, -0.15) is 0 Å². The lowest BCUT2D eigenvalue weighted by Gasteiger charge is -2.22. The first-order chi connectivity index (χ1) is 8.83. The van der Waals surface area contributed by atoms with Gasteiger partial charge in [-0.15, -0.1) is 5.92 Å². The summed E-state index contributed by atoms with van der Waals surface area (Å²) in [4.78, 5) is 15.8. The van der Waals surface area contributed by atoms with Crippen LogP contribution in [0, 0.1) is 11.8 Å². The zero-order valence-corrected chi connectivity index (χ0v) is 12.2. The Labute approximate surface area is 114 Å². The van der Waals surface area contributed by atoms with Gasteiger partial charge in [-0.25, -0.2) is 9.78 Å². The van der Waals surface area contributed by atoms with Crippen LogP contribution < -0.4 is 5.32 Å². The summed E-state index contributed by atoms with van der Waals surface area (Å²) < 4.78 is 7.12. The number of imidazole rings is 1. The molecule has 5 nitrogen and oxygen atoms in total. The van der Waals surface area contributed by atoms with Crippen molar-refractivity contribution in [1.82, 2.24) is 14.9 Å². The first kappa shape index (κ1) is 15.1. The number of carbonyl (C=O) groups excluding carboxylic acids is 1. The average molecular weight is 263 g/mol. The molecule has 104 valence electrons. The van der Waals surface area contributed by atoms with E-state index in [4.69, 9.17) is 4.74 Å². The topological polar surface area (TPSA) is 56.2 Å². The number of rotatable bonds is 3. The standard InChI is InChI=1S/C14H21N3O2/c1-6-7-8-17-10-15-9-12(17)11(2)16-13(18)19-14(3,4)5/h9-11H,8H2,1-5H3,(H,16,18)/t11-/m1/s1. The molecule has 1 N–H and O–H groups in total. The highest BCUT2D eigenvalue weighted by molar-refractivity contribution is 5.68. The molecule has 0 radical (unpaired) electrons. The van der Waals surface area contributed by atoms with Crippen molar-refractivity contribution in [3.8, 4) is 11.8 Å². The Kier molecular flexibility index (Phi) is 4.99. The molecule has 0 saturated carbocycles. The lowest BCUT2D eigenvalue weighted by molar-refractivity contribution is 0.0506. The molecule has 5 heteroatoms. The number of nitrogens with one attached hydrogen (secondary N) is 1. The van der Waals surface area contributed by atoms with Crippen molar-refractivity contribution >= 4 is 6.09 Å². The number of ether oxygens (including phenoxy) is 1. The molecule has 0 bridgehead atoms. The number of alkyl carbamates (subject to hydrolysis) is 1. The van der Waals surface area contributed by atoms with Gasteiger partial charge in [0.25, 0.3) is 0 Å². The predicted molar refractivity (Wildman–Crippen MR) is 73.5 cm³/mol. The van der Waals surface area contributed by atoms with E-state index in [-0.39, 0.29) is 6.04 Å². The van der Waals surface area contributed by atoms with Crippen LogP contribution in [0.5, 0.6) is 0 Å². The molecule has 1 aromatic heterocycles. The number of hydrogen-bond donors (Lipinski definition) is 1. The van der Waals surface area contributed by atoms with E-state index in [9.17, 15) is 4.79 Å². The van der Waals surface area contributed by atoms with Gasteiger partial charge in [-0.3, -0.25) is 0 Å². The Morgan fingerprint density at radius 2 is 2.26 bits per heavy atom. The summed E-state index contributed by atoms with van der Waals surface area (Å²) in [5, 5.41) is 2.79. The summed E-state index contributed by atoms with van der Waals surface area (Å²) >= 11 is 0. The molecule has 0 aliphatic heterocycles. The minimum Gasteiger partial charge on any atom is -0.444 e. The Balaban J connectivity index is 2.67. The second-order valence-electron chi connectivity index (χ2n) is 5.24. The van der Waals surface area contributed by atoms with E-state index < -0.39 is 11.7 Å². The summed E-state index contributed by atoms with van der Waals surface area (Å²) in [7, 11) is 0. The zero-order chi connectivity index (χ0) is 14.5. The van der Waals surface area contributed by atoms with Crippen LogP contribution in [0.3, 0.4) is 0 Å². The number of carbonyl (C=O) groups is 1. The smallest absolute Gasteiger partial charge is 0.408 e. The molecule has 0 aliphatic carbocycles. The van der Waals surface area contributed by atoms with Crippen LogP contribution in [0.1, 0.15) is 46.4 Å². The number of aromatic nitrogens is 2. The molecule has 1 atom stereocenters. The van der Waals surface area contributed by atoms with Crippen molar-refractivity contribution in [2.24, 2.45) is 0 Å². The van der Waals surface area contributed by atoms with Crippen molar-refractivity contribution in [2.45, 2.75) is 52.8 Å². The molecule has 0 spiro atoms. The van der Waals surface area contributed by atoms with Crippen LogP contribution in [-0.2, 0) is 11.3 Å². The molecule has 0 aromatic carbocycles. The summed E-state index contributed by atoms with van der Waals surface area (Å²) in [6.45, 7) is 9.73. The van der Waals surface area contributed by atoms with Crippen LogP contribution in [0.15, 0.2) is 12.5 Å². The van der Waals surface area contributed by atoms with Crippen LogP contribution in [0.2, 0.25) is 0 Å².